The lowest BCUT2D eigenvalue weighted by atomic mass is 9.85. The van der Waals surface area contributed by atoms with Gasteiger partial charge in [-0.2, -0.15) is 4.98 Å². The van der Waals surface area contributed by atoms with Gasteiger partial charge >= 0.3 is 0 Å². The van der Waals surface area contributed by atoms with E-state index in [1.165, 1.54) is 0 Å². The van der Waals surface area contributed by atoms with E-state index in [0.29, 0.717) is 30.1 Å². The van der Waals surface area contributed by atoms with Crippen molar-refractivity contribution in [1.82, 2.24) is 24.8 Å². The highest BCUT2D eigenvalue weighted by molar-refractivity contribution is 7.21. The smallest absolute Gasteiger partial charge is 0.225 e. The fourth-order valence-electron chi connectivity index (χ4n) is 5.30. The summed E-state index contributed by atoms with van der Waals surface area (Å²) in [7, 11) is 0. The van der Waals surface area contributed by atoms with Gasteiger partial charge in [-0.05, 0) is 58.9 Å². The lowest BCUT2D eigenvalue weighted by molar-refractivity contribution is 0.00215. The van der Waals surface area contributed by atoms with E-state index in [1.54, 1.807) is 11.3 Å². The molecule has 3 saturated carbocycles. The summed E-state index contributed by atoms with van der Waals surface area (Å²) in [4.78, 5) is 22.4. The van der Waals surface area contributed by atoms with Crippen LogP contribution in [0.3, 0.4) is 0 Å². The van der Waals surface area contributed by atoms with Gasteiger partial charge in [0.2, 0.25) is 10.9 Å². The Morgan fingerprint density at radius 2 is 1.89 bits per heavy atom. The Bertz CT molecular complexity index is 1390. The van der Waals surface area contributed by atoms with Crippen LogP contribution in [-0.4, -0.2) is 60.0 Å². The molecule has 3 aromatic heterocycles. The Kier molecular flexibility index (Phi) is 5.95. The zero-order valence-electron chi connectivity index (χ0n) is 21.1. The average Bonchev–Trinajstić information content (AvgIpc) is 3.77. The summed E-state index contributed by atoms with van der Waals surface area (Å²) < 4.78 is 1.08. The molecular weight excluding hydrogens is 490 g/mol. The normalized spacial score (nSPS) is 25.8. The molecular formula is C25H32N9O2S+. The van der Waals surface area contributed by atoms with Gasteiger partial charge in [0.15, 0.2) is 0 Å². The van der Waals surface area contributed by atoms with Crippen LogP contribution in [0.25, 0.3) is 20.8 Å². The summed E-state index contributed by atoms with van der Waals surface area (Å²) in [5, 5.41) is 33.4. The minimum absolute atomic E-state index is 0.376. The second-order valence-corrected chi connectivity index (χ2v) is 12.1. The van der Waals surface area contributed by atoms with Gasteiger partial charge in [-0.3, -0.25) is 4.98 Å². The number of anilines is 2. The average molecular weight is 523 g/mol. The van der Waals surface area contributed by atoms with E-state index in [9.17, 15) is 10.2 Å². The van der Waals surface area contributed by atoms with E-state index in [-0.39, 0.29) is 5.92 Å². The molecule has 0 saturated heterocycles. The van der Waals surface area contributed by atoms with Crippen molar-refractivity contribution >= 4 is 33.3 Å². The first-order valence-electron chi connectivity index (χ1n) is 12.9. The fourth-order valence-corrected chi connectivity index (χ4v) is 6.37. The summed E-state index contributed by atoms with van der Waals surface area (Å²) in [5.74, 6) is 1.22. The predicted octanol–water partition coefficient (Wildman–Crippen LogP) is 3.76. The Morgan fingerprint density at radius 1 is 1.11 bits per heavy atom. The summed E-state index contributed by atoms with van der Waals surface area (Å²) in [6.45, 7) is 5.59. The minimum atomic E-state index is -1.03. The number of aliphatic hydroxyl groups excluding tert-OH is 2. The van der Waals surface area contributed by atoms with E-state index in [0.717, 1.165) is 57.9 Å². The van der Waals surface area contributed by atoms with Crippen LogP contribution in [0.15, 0.2) is 17.4 Å². The van der Waals surface area contributed by atoms with Crippen molar-refractivity contribution in [2.24, 2.45) is 11.0 Å². The van der Waals surface area contributed by atoms with Crippen LogP contribution in [0.4, 0.5) is 11.8 Å². The van der Waals surface area contributed by atoms with Gasteiger partial charge in [-0.1, -0.05) is 0 Å². The minimum Gasteiger partial charge on any atom is -0.390 e. The zero-order chi connectivity index (χ0) is 25.9. The second kappa shape index (κ2) is 9.05. The van der Waals surface area contributed by atoms with E-state index < -0.39 is 23.8 Å². The third kappa shape index (κ3) is 4.59. The molecule has 3 aliphatic carbocycles. The zero-order valence-corrected chi connectivity index (χ0v) is 22.0. The summed E-state index contributed by atoms with van der Waals surface area (Å²) in [5.41, 5.74) is 9.94. The number of pyridine rings is 1. The van der Waals surface area contributed by atoms with Gasteiger partial charge < -0.3 is 20.8 Å². The van der Waals surface area contributed by atoms with Crippen LogP contribution >= 0.6 is 11.3 Å². The third-order valence-corrected chi connectivity index (χ3v) is 8.77. The van der Waals surface area contributed by atoms with Gasteiger partial charge in [0.05, 0.1) is 33.8 Å². The maximum atomic E-state index is 11.0. The van der Waals surface area contributed by atoms with Crippen LogP contribution in [0.5, 0.6) is 0 Å². The molecule has 3 heterocycles. The molecule has 3 fully saturated rings. The van der Waals surface area contributed by atoms with Crippen molar-refractivity contribution in [2.45, 2.75) is 88.6 Å². The van der Waals surface area contributed by atoms with Crippen molar-refractivity contribution < 1.29 is 10.2 Å². The maximum absolute atomic E-state index is 11.0. The Labute approximate surface area is 218 Å². The Balaban J connectivity index is 1.39. The van der Waals surface area contributed by atoms with Crippen LogP contribution in [0, 0.1) is 18.4 Å². The highest BCUT2D eigenvalue weighted by atomic mass is 32.1. The third-order valence-electron chi connectivity index (χ3n) is 7.73. The van der Waals surface area contributed by atoms with Crippen molar-refractivity contribution in [3.05, 3.63) is 23.7 Å². The Hall–Kier alpha value is -3.05. The molecule has 0 amide bonds. The monoisotopic (exact) mass is 522 g/mol. The lowest BCUT2D eigenvalue weighted by Crippen LogP contribution is -2.39. The van der Waals surface area contributed by atoms with Gasteiger partial charge in [0.25, 0.3) is 0 Å². The Morgan fingerprint density at radius 3 is 2.59 bits per heavy atom. The van der Waals surface area contributed by atoms with Crippen LogP contribution in [0.2, 0.25) is 0 Å². The summed E-state index contributed by atoms with van der Waals surface area (Å²) in [6, 6.07) is 1.91. The van der Waals surface area contributed by atoms with Gasteiger partial charge in [-0.25, -0.2) is 9.97 Å². The van der Waals surface area contributed by atoms with Crippen molar-refractivity contribution in [3.8, 4) is 10.6 Å². The van der Waals surface area contributed by atoms with Gasteiger partial charge in [0.1, 0.15) is 38.6 Å². The number of hydrogen-bond donors (Lipinski definition) is 5. The number of fused-ring (bicyclic) bond motifs is 1. The van der Waals surface area contributed by atoms with E-state index >= 15 is 0 Å². The molecule has 0 aliphatic heterocycles. The molecule has 5 N–H and O–H groups in total. The molecule has 11 nitrogen and oxygen atoms in total. The molecule has 0 radical (unpaired) electrons. The van der Waals surface area contributed by atoms with Crippen molar-refractivity contribution in [1.29, 1.82) is 5.53 Å². The molecule has 0 bridgehead atoms. The molecule has 0 spiro atoms. The number of hydrogen-bond acceptors (Lipinski definition) is 11. The van der Waals surface area contributed by atoms with E-state index in [1.807, 2.05) is 33.0 Å². The van der Waals surface area contributed by atoms with Crippen LogP contribution in [0.1, 0.15) is 63.3 Å². The first kappa shape index (κ1) is 24.3. The van der Waals surface area contributed by atoms with Crippen molar-refractivity contribution in [3.63, 3.8) is 0 Å². The standard InChI is InChI=1S/C25H32N9O2S/c1-11-17(23-31-19-16(37-23)8-9-27-18(19)12-4-5-12)22(32-24(28-11)29-13-6-7-13)30-15-10-14(20(35)21(15)36)25(2,3)33-34-26/h8-9,12-15,20-21,26,35-36H,4-7,10H2,1-3H3,(H2,28,29,30,32)/q+1/t14-,15+,20+,21-/m0/s1. The second-order valence-electron chi connectivity index (χ2n) is 11.0. The number of nitrogens with one attached hydrogen (secondary N) is 3. The first-order chi connectivity index (χ1) is 17.7. The number of aromatic nitrogens is 4. The summed E-state index contributed by atoms with van der Waals surface area (Å²) >= 11 is 1.59. The predicted molar refractivity (Wildman–Crippen MR) is 141 cm³/mol. The van der Waals surface area contributed by atoms with Crippen molar-refractivity contribution in [2.75, 3.05) is 10.6 Å². The quantitative estimate of drug-likeness (QED) is 0.220. The maximum Gasteiger partial charge on any atom is 0.225 e. The topological polar surface area (TPSA) is 166 Å². The highest BCUT2D eigenvalue weighted by Crippen LogP contribution is 2.45. The van der Waals surface area contributed by atoms with Gasteiger partial charge in [-0.15, -0.1) is 11.3 Å². The summed E-state index contributed by atoms with van der Waals surface area (Å²) in [6.07, 6.45) is 4.74. The SMILES string of the molecule is Cc1nc(NC2CC2)nc(N[C@@H]2C[C@H](C(C)(C)N=[N+]=N)[C@@H](O)[C@H]2O)c1-c1nc2c(C3CC3)nccc2s1. The highest BCUT2D eigenvalue weighted by Gasteiger charge is 2.51. The number of rotatable bonds is 8. The van der Waals surface area contributed by atoms with Crippen LogP contribution in [-0.2, 0) is 0 Å². The van der Waals surface area contributed by atoms with E-state index in [4.69, 9.17) is 20.5 Å². The molecule has 0 aromatic carbocycles. The lowest BCUT2D eigenvalue weighted by Gasteiger charge is -2.24. The molecule has 12 heteroatoms. The molecule has 4 atom stereocenters. The number of aliphatic hydroxyl groups is 2. The fraction of sp³-hybridized carbons (Fsp3) is 0.600. The molecule has 3 aromatic rings. The molecule has 3 aliphatic rings. The molecule has 6 rings (SSSR count). The van der Waals surface area contributed by atoms with Gasteiger partial charge in [0, 0.05) is 24.1 Å². The van der Waals surface area contributed by atoms with E-state index in [2.05, 4.69) is 25.6 Å². The number of nitrogens with zero attached hydrogens (tertiary/aromatic N) is 6. The number of thiazole rings is 1. The largest absolute Gasteiger partial charge is 0.390 e. The molecule has 194 valence electrons. The van der Waals surface area contributed by atoms with Crippen LogP contribution < -0.4 is 15.5 Å². The first-order valence-corrected chi connectivity index (χ1v) is 13.7. The molecule has 37 heavy (non-hydrogen) atoms. The molecule has 0 unspecified atom stereocenters. The number of aryl methyl sites for hydroxylation is 1.